The number of allylic oxidation sites excluding steroid dienone is 1. The molecule has 0 saturated carbocycles. The molecule has 2 heterocycles. The lowest BCUT2D eigenvalue weighted by Crippen LogP contribution is -2.32. The van der Waals surface area contributed by atoms with Gasteiger partial charge in [0.25, 0.3) is 0 Å². The van der Waals surface area contributed by atoms with Crippen molar-refractivity contribution in [2.24, 2.45) is 0 Å². The van der Waals surface area contributed by atoms with Crippen LogP contribution in [0, 0.1) is 5.82 Å². The van der Waals surface area contributed by atoms with E-state index < -0.39 is 18.3 Å². The summed E-state index contributed by atoms with van der Waals surface area (Å²) < 4.78 is 31.0. The predicted molar refractivity (Wildman–Crippen MR) is 109 cm³/mol. The second-order valence-electron chi connectivity index (χ2n) is 6.68. The van der Waals surface area contributed by atoms with Crippen LogP contribution in [0.2, 0.25) is 0 Å². The highest BCUT2D eigenvalue weighted by Crippen LogP contribution is 2.31. The zero-order valence-electron chi connectivity index (χ0n) is 16.8. The fourth-order valence-corrected chi connectivity index (χ4v) is 3.22. The van der Waals surface area contributed by atoms with E-state index in [2.05, 4.69) is 4.98 Å². The first kappa shape index (κ1) is 22.9. The molecular formula is C22H28F2N2O3. The first-order chi connectivity index (χ1) is 13.9. The van der Waals surface area contributed by atoms with E-state index in [0.717, 1.165) is 11.1 Å². The van der Waals surface area contributed by atoms with Crippen LogP contribution < -0.4 is 5.73 Å². The van der Waals surface area contributed by atoms with E-state index in [1.807, 2.05) is 13.8 Å². The Balaban J connectivity index is 0.000000201. The molecule has 158 valence electrons. The number of nitrogens with two attached hydrogens (primary N) is 1. The molecule has 1 aromatic carbocycles. The van der Waals surface area contributed by atoms with E-state index in [4.69, 9.17) is 10.5 Å². The first-order valence-electron chi connectivity index (χ1n) is 9.72. The number of anilines is 1. The smallest absolute Gasteiger partial charge is 0.133 e. The van der Waals surface area contributed by atoms with Crippen molar-refractivity contribution in [1.29, 1.82) is 0 Å². The molecule has 1 fully saturated rings. The second-order valence-corrected chi connectivity index (χ2v) is 6.68. The summed E-state index contributed by atoms with van der Waals surface area (Å²) in [6.45, 7) is 5.72. The molecule has 0 bridgehead atoms. The lowest BCUT2D eigenvalue weighted by molar-refractivity contribution is 0.0169. The Bertz CT molecular complexity index is 827. The Kier molecular flexibility index (Phi) is 8.25. The highest BCUT2D eigenvalue weighted by Gasteiger charge is 2.39. The highest BCUT2D eigenvalue weighted by molar-refractivity contribution is 5.74. The Morgan fingerprint density at radius 3 is 2.31 bits per heavy atom. The minimum atomic E-state index is -0.875. The van der Waals surface area contributed by atoms with Gasteiger partial charge in [-0.25, -0.2) is 13.8 Å². The van der Waals surface area contributed by atoms with Gasteiger partial charge in [0, 0.05) is 12.6 Å². The number of benzene rings is 1. The summed E-state index contributed by atoms with van der Waals surface area (Å²) in [5.41, 5.74) is 7.76. The number of aromatic nitrogens is 1. The van der Waals surface area contributed by atoms with Crippen LogP contribution in [0.1, 0.15) is 37.5 Å². The number of nitrogen functional groups attached to an aromatic ring is 1. The number of halogens is 2. The minimum Gasteiger partial charge on any atom is -0.388 e. The minimum absolute atomic E-state index is 0.245. The molecule has 7 heteroatoms. The van der Waals surface area contributed by atoms with Crippen LogP contribution in [-0.4, -0.2) is 39.6 Å². The molecule has 4 unspecified atom stereocenters. The van der Waals surface area contributed by atoms with Gasteiger partial charge in [-0.3, -0.25) is 0 Å². The molecule has 0 amide bonds. The number of aliphatic hydroxyl groups is 2. The molecule has 5 nitrogen and oxygen atoms in total. The van der Waals surface area contributed by atoms with E-state index in [1.165, 1.54) is 18.2 Å². The third kappa shape index (κ3) is 5.59. The number of hydrogen-bond acceptors (Lipinski definition) is 5. The van der Waals surface area contributed by atoms with Gasteiger partial charge in [-0.15, -0.1) is 0 Å². The normalized spacial score (nSPS) is 24.6. The Morgan fingerprint density at radius 1 is 1.10 bits per heavy atom. The van der Waals surface area contributed by atoms with Crippen LogP contribution in [0.25, 0.3) is 5.83 Å². The van der Waals surface area contributed by atoms with Gasteiger partial charge in [0.1, 0.15) is 29.7 Å². The van der Waals surface area contributed by atoms with Crippen LogP contribution in [0.3, 0.4) is 0 Å². The SMILES string of the molecule is CC.CC1OC(Cc2ccc(F)cc2)C(O)C1O.Nc1nccc2c1C(F)=CC2. The summed E-state index contributed by atoms with van der Waals surface area (Å²) in [4.78, 5) is 3.80. The maximum atomic E-state index is 12.9. The van der Waals surface area contributed by atoms with E-state index in [9.17, 15) is 19.0 Å². The summed E-state index contributed by atoms with van der Waals surface area (Å²) in [6.07, 6.45) is 1.72. The van der Waals surface area contributed by atoms with E-state index in [1.54, 1.807) is 31.3 Å². The summed E-state index contributed by atoms with van der Waals surface area (Å²) >= 11 is 0. The molecule has 0 radical (unpaired) electrons. The molecule has 1 aromatic heterocycles. The van der Waals surface area contributed by atoms with Crippen LogP contribution in [0.4, 0.5) is 14.6 Å². The maximum absolute atomic E-state index is 12.9. The van der Waals surface area contributed by atoms with Crippen molar-refractivity contribution in [1.82, 2.24) is 4.98 Å². The number of ether oxygens (including phenoxy) is 1. The van der Waals surface area contributed by atoms with Gasteiger partial charge in [-0.1, -0.05) is 26.0 Å². The highest BCUT2D eigenvalue weighted by atomic mass is 19.1. The van der Waals surface area contributed by atoms with Crippen LogP contribution in [0.15, 0.2) is 42.6 Å². The molecule has 1 aliphatic carbocycles. The second kappa shape index (κ2) is 10.4. The zero-order chi connectivity index (χ0) is 21.6. The zero-order valence-corrected chi connectivity index (χ0v) is 16.8. The van der Waals surface area contributed by atoms with Crippen molar-refractivity contribution in [3.63, 3.8) is 0 Å². The number of hydrogen-bond donors (Lipinski definition) is 3. The van der Waals surface area contributed by atoms with Gasteiger partial charge >= 0.3 is 0 Å². The monoisotopic (exact) mass is 406 g/mol. The number of nitrogens with zero attached hydrogens (tertiary/aromatic N) is 1. The molecule has 4 N–H and O–H groups in total. The number of rotatable bonds is 2. The molecule has 4 atom stereocenters. The predicted octanol–water partition coefficient (Wildman–Crippen LogP) is 3.43. The van der Waals surface area contributed by atoms with Gasteiger partial charge in [-0.05, 0) is 48.7 Å². The summed E-state index contributed by atoms with van der Waals surface area (Å²) in [7, 11) is 0. The average molecular weight is 406 g/mol. The molecule has 29 heavy (non-hydrogen) atoms. The van der Waals surface area contributed by atoms with Gasteiger partial charge in [-0.2, -0.15) is 0 Å². The number of pyridine rings is 1. The third-order valence-corrected chi connectivity index (χ3v) is 4.76. The van der Waals surface area contributed by atoms with Gasteiger partial charge in [0.15, 0.2) is 0 Å². The molecular weight excluding hydrogens is 378 g/mol. The molecule has 1 aliphatic heterocycles. The topological polar surface area (TPSA) is 88.6 Å². The average Bonchev–Trinajstić information content (AvgIpc) is 3.22. The maximum Gasteiger partial charge on any atom is 0.133 e. The Labute approximate surface area is 169 Å². The van der Waals surface area contributed by atoms with Crippen LogP contribution in [0.5, 0.6) is 0 Å². The summed E-state index contributed by atoms with van der Waals surface area (Å²) in [5, 5.41) is 19.2. The lowest BCUT2D eigenvalue weighted by Gasteiger charge is -2.14. The Hall–Kier alpha value is -2.35. The van der Waals surface area contributed by atoms with Crippen LogP contribution >= 0.6 is 0 Å². The fourth-order valence-electron chi connectivity index (χ4n) is 3.22. The third-order valence-electron chi connectivity index (χ3n) is 4.76. The lowest BCUT2D eigenvalue weighted by atomic mass is 10.0. The number of aliphatic hydroxyl groups excluding tert-OH is 2. The molecule has 1 saturated heterocycles. The van der Waals surface area contributed by atoms with E-state index >= 15 is 0 Å². The molecule has 2 aliphatic rings. The van der Waals surface area contributed by atoms with E-state index in [-0.39, 0.29) is 23.6 Å². The summed E-state index contributed by atoms with van der Waals surface area (Å²) in [6, 6.07) is 7.84. The van der Waals surface area contributed by atoms with Crippen molar-refractivity contribution < 1.29 is 23.7 Å². The largest absolute Gasteiger partial charge is 0.388 e. The van der Waals surface area contributed by atoms with Gasteiger partial charge < -0.3 is 20.7 Å². The number of fused-ring (bicyclic) bond motifs is 1. The Morgan fingerprint density at radius 2 is 1.76 bits per heavy atom. The molecule has 0 spiro atoms. The quantitative estimate of drug-likeness (QED) is 0.711. The standard InChI is InChI=1S/C12H15FO3.C8H7FN2.C2H6/c1-7-11(14)12(15)10(16-7)6-8-2-4-9(13)5-3-8;9-6-2-1-5-3-4-11-8(10)7(5)6;1-2/h2-5,7,10-12,14-15H,6H2,1H3;2-4H,1H2,(H2,10,11);1-2H3. The fraction of sp³-hybridized carbons (Fsp3) is 0.409. The summed E-state index contributed by atoms with van der Waals surface area (Å²) in [5.74, 6) is -0.246. The van der Waals surface area contributed by atoms with Crippen molar-refractivity contribution in [2.75, 3.05) is 5.73 Å². The van der Waals surface area contributed by atoms with Crippen molar-refractivity contribution >= 4 is 11.6 Å². The molecule has 4 rings (SSSR count). The van der Waals surface area contributed by atoms with Crippen molar-refractivity contribution in [3.8, 4) is 0 Å². The van der Waals surface area contributed by atoms with Gasteiger partial charge in [0.05, 0.1) is 17.8 Å². The van der Waals surface area contributed by atoms with Gasteiger partial charge in [0.2, 0.25) is 0 Å². The first-order valence-corrected chi connectivity index (χ1v) is 9.72. The van der Waals surface area contributed by atoms with E-state index in [0.29, 0.717) is 18.4 Å². The van der Waals surface area contributed by atoms with Crippen molar-refractivity contribution in [2.45, 2.75) is 58.0 Å². The van der Waals surface area contributed by atoms with Crippen molar-refractivity contribution in [3.05, 3.63) is 65.1 Å². The van der Waals surface area contributed by atoms with Crippen LogP contribution in [-0.2, 0) is 17.6 Å². The molecule has 2 aromatic rings.